The molecule has 0 saturated carbocycles. The number of hydrogen-bond donors (Lipinski definition) is 1. The summed E-state index contributed by atoms with van der Waals surface area (Å²) in [6.45, 7) is 1.96. The molecule has 26 heavy (non-hydrogen) atoms. The molecule has 1 aromatic heterocycles. The molecule has 6 nitrogen and oxygen atoms in total. The zero-order chi connectivity index (χ0) is 18.4. The smallest absolute Gasteiger partial charge is 0.260 e. The molecule has 138 valence electrons. The minimum atomic E-state index is -0.122. The Morgan fingerprint density at radius 2 is 2.27 bits per heavy atom. The van der Waals surface area contributed by atoms with Crippen molar-refractivity contribution in [3.63, 3.8) is 0 Å². The van der Waals surface area contributed by atoms with Gasteiger partial charge in [-0.3, -0.25) is 9.59 Å². The van der Waals surface area contributed by atoms with Gasteiger partial charge in [0.2, 0.25) is 0 Å². The van der Waals surface area contributed by atoms with Crippen molar-refractivity contribution >= 4 is 23.2 Å². The Morgan fingerprint density at radius 1 is 1.38 bits per heavy atom. The summed E-state index contributed by atoms with van der Waals surface area (Å²) in [6, 6.07) is 9.35. The molecule has 2 aromatic rings. The van der Waals surface area contributed by atoms with E-state index >= 15 is 0 Å². The van der Waals surface area contributed by atoms with E-state index in [9.17, 15) is 9.59 Å². The third kappa shape index (κ3) is 4.62. The molecule has 0 atom stereocenters. The molecule has 2 heterocycles. The Bertz CT molecular complexity index is 761. The van der Waals surface area contributed by atoms with Crippen LogP contribution in [0.15, 0.2) is 35.7 Å². The lowest BCUT2D eigenvalue weighted by Gasteiger charge is -2.19. The molecule has 0 unspecified atom stereocenters. The van der Waals surface area contributed by atoms with Crippen molar-refractivity contribution in [2.24, 2.45) is 0 Å². The van der Waals surface area contributed by atoms with Gasteiger partial charge in [-0.1, -0.05) is 6.07 Å². The minimum Gasteiger partial charge on any atom is -0.483 e. The summed E-state index contributed by atoms with van der Waals surface area (Å²) in [5.74, 6) is 0.442. The highest BCUT2D eigenvalue weighted by Gasteiger charge is 2.22. The van der Waals surface area contributed by atoms with Crippen molar-refractivity contribution in [1.82, 2.24) is 10.2 Å². The van der Waals surface area contributed by atoms with Gasteiger partial charge in [0.05, 0.1) is 6.61 Å². The van der Waals surface area contributed by atoms with E-state index in [4.69, 9.17) is 9.47 Å². The maximum atomic E-state index is 12.4. The molecular formula is C19H22N2O4S. The van der Waals surface area contributed by atoms with Gasteiger partial charge in [0.15, 0.2) is 6.61 Å². The van der Waals surface area contributed by atoms with Gasteiger partial charge in [0, 0.05) is 42.7 Å². The van der Waals surface area contributed by atoms with E-state index in [1.54, 1.807) is 41.5 Å². The number of benzene rings is 1. The van der Waals surface area contributed by atoms with E-state index in [-0.39, 0.29) is 18.4 Å². The summed E-state index contributed by atoms with van der Waals surface area (Å²) in [4.78, 5) is 27.5. The number of nitrogens with one attached hydrogen (secondary N) is 1. The van der Waals surface area contributed by atoms with Crippen LogP contribution in [0.1, 0.15) is 20.8 Å². The Morgan fingerprint density at radius 3 is 3.04 bits per heavy atom. The predicted molar refractivity (Wildman–Crippen MR) is 99.6 cm³/mol. The molecule has 0 radical (unpaired) electrons. The number of rotatable bonds is 7. The van der Waals surface area contributed by atoms with Gasteiger partial charge in [-0.15, -0.1) is 11.3 Å². The van der Waals surface area contributed by atoms with Crippen LogP contribution < -0.4 is 10.1 Å². The number of carbonyl (C=O) groups is 2. The van der Waals surface area contributed by atoms with E-state index in [2.05, 4.69) is 11.4 Å². The maximum Gasteiger partial charge on any atom is 0.260 e. The van der Waals surface area contributed by atoms with Gasteiger partial charge in [0.25, 0.3) is 11.8 Å². The molecule has 1 aliphatic heterocycles. The summed E-state index contributed by atoms with van der Waals surface area (Å²) in [6.07, 6.45) is 0.816. The topological polar surface area (TPSA) is 67.9 Å². The SMILES string of the molecule is COCCN1Cc2cc(C(=O)NCCc3cccs3)ccc2OCC1=O. The fraction of sp³-hybridized carbons (Fsp3) is 0.368. The standard InChI is InChI=1S/C19H22N2O4S/c1-24-9-8-21-12-15-11-14(4-5-17(15)25-13-18(21)22)19(23)20-7-6-16-3-2-10-26-16/h2-5,10-11H,6-9,12-13H2,1H3,(H,20,23). The Hall–Kier alpha value is -2.38. The summed E-state index contributed by atoms with van der Waals surface area (Å²) in [7, 11) is 1.60. The Balaban J connectivity index is 1.65. The average Bonchev–Trinajstić information content (AvgIpc) is 3.11. The monoisotopic (exact) mass is 374 g/mol. The number of amides is 2. The van der Waals surface area contributed by atoms with Gasteiger partial charge in [0.1, 0.15) is 5.75 Å². The third-order valence-corrected chi connectivity index (χ3v) is 5.13. The molecule has 0 saturated heterocycles. The highest BCUT2D eigenvalue weighted by atomic mass is 32.1. The molecule has 7 heteroatoms. The van der Waals surface area contributed by atoms with Gasteiger partial charge in [-0.05, 0) is 36.1 Å². The first-order valence-electron chi connectivity index (χ1n) is 8.50. The molecule has 0 fully saturated rings. The number of methoxy groups -OCH3 is 1. The van der Waals surface area contributed by atoms with E-state index in [1.807, 2.05) is 11.4 Å². The van der Waals surface area contributed by atoms with E-state index in [0.29, 0.717) is 37.6 Å². The zero-order valence-corrected chi connectivity index (χ0v) is 15.5. The first-order valence-corrected chi connectivity index (χ1v) is 9.38. The van der Waals surface area contributed by atoms with Gasteiger partial charge >= 0.3 is 0 Å². The lowest BCUT2D eigenvalue weighted by molar-refractivity contribution is -0.133. The van der Waals surface area contributed by atoms with Crippen molar-refractivity contribution in [1.29, 1.82) is 0 Å². The predicted octanol–water partition coefficient (Wildman–Crippen LogP) is 2.09. The van der Waals surface area contributed by atoms with Crippen LogP contribution in [0.5, 0.6) is 5.75 Å². The van der Waals surface area contributed by atoms with E-state index in [0.717, 1.165) is 12.0 Å². The van der Waals surface area contributed by atoms with E-state index in [1.165, 1.54) is 4.88 Å². The van der Waals surface area contributed by atoms with Crippen LogP contribution in [0.2, 0.25) is 0 Å². The summed E-state index contributed by atoms with van der Waals surface area (Å²) in [5.41, 5.74) is 1.40. The van der Waals surface area contributed by atoms with Gasteiger partial charge in [-0.25, -0.2) is 0 Å². The second-order valence-electron chi connectivity index (χ2n) is 6.00. The largest absolute Gasteiger partial charge is 0.483 e. The van der Waals surface area contributed by atoms with Gasteiger partial charge in [-0.2, -0.15) is 0 Å². The molecule has 1 aromatic carbocycles. The van der Waals surface area contributed by atoms with Crippen LogP contribution in [0, 0.1) is 0 Å². The molecule has 0 aliphatic carbocycles. The molecule has 1 aliphatic rings. The molecule has 0 bridgehead atoms. The molecular weight excluding hydrogens is 352 g/mol. The Labute approximate surface area is 156 Å². The van der Waals surface area contributed by atoms with Gasteiger partial charge < -0.3 is 19.7 Å². The second-order valence-corrected chi connectivity index (χ2v) is 7.04. The molecule has 3 rings (SSSR count). The van der Waals surface area contributed by atoms with Crippen molar-refractivity contribution in [3.8, 4) is 5.75 Å². The fourth-order valence-electron chi connectivity index (χ4n) is 2.77. The first kappa shape index (κ1) is 18.4. The van der Waals surface area contributed by atoms with Crippen LogP contribution in [0.25, 0.3) is 0 Å². The first-order chi connectivity index (χ1) is 12.7. The molecule has 2 amide bonds. The van der Waals surface area contributed by atoms with Crippen LogP contribution in [0.4, 0.5) is 0 Å². The summed E-state index contributed by atoms with van der Waals surface area (Å²) >= 11 is 1.68. The normalized spacial score (nSPS) is 13.7. The third-order valence-electron chi connectivity index (χ3n) is 4.19. The average molecular weight is 374 g/mol. The zero-order valence-electron chi connectivity index (χ0n) is 14.7. The van der Waals surface area contributed by atoms with Crippen molar-refractivity contribution in [2.75, 3.05) is 33.4 Å². The fourth-order valence-corrected chi connectivity index (χ4v) is 3.48. The van der Waals surface area contributed by atoms with Crippen molar-refractivity contribution in [2.45, 2.75) is 13.0 Å². The molecule has 0 spiro atoms. The van der Waals surface area contributed by atoms with Crippen LogP contribution in [-0.4, -0.2) is 50.1 Å². The second kappa shape index (κ2) is 8.82. The lowest BCUT2D eigenvalue weighted by atomic mass is 10.1. The maximum absolute atomic E-state index is 12.4. The van der Waals surface area contributed by atoms with Crippen molar-refractivity contribution in [3.05, 3.63) is 51.7 Å². The number of hydrogen-bond acceptors (Lipinski definition) is 5. The Kier molecular flexibility index (Phi) is 6.25. The number of fused-ring (bicyclic) bond motifs is 1. The number of ether oxygens (including phenoxy) is 2. The quantitative estimate of drug-likeness (QED) is 0.806. The van der Waals surface area contributed by atoms with E-state index < -0.39 is 0 Å². The molecule has 1 N–H and O–H groups in total. The number of carbonyl (C=O) groups excluding carboxylic acids is 2. The highest BCUT2D eigenvalue weighted by Crippen LogP contribution is 2.24. The lowest BCUT2D eigenvalue weighted by Crippen LogP contribution is -2.34. The van der Waals surface area contributed by atoms with Crippen LogP contribution in [0.3, 0.4) is 0 Å². The van der Waals surface area contributed by atoms with Crippen LogP contribution >= 0.6 is 11.3 Å². The summed E-state index contributed by atoms with van der Waals surface area (Å²) < 4.78 is 10.6. The van der Waals surface area contributed by atoms with Crippen molar-refractivity contribution < 1.29 is 19.1 Å². The number of thiophene rings is 1. The number of nitrogens with zero attached hydrogens (tertiary/aromatic N) is 1. The summed E-state index contributed by atoms with van der Waals surface area (Å²) in [5, 5.41) is 4.97. The van der Waals surface area contributed by atoms with Crippen LogP contribution in [-0.2, 0) is 22.5 Å². The minimum absolute atomic E-state index is 0.00305. The highest BCUT2D eigenvalue weighted by molar-refractivity contribution is 7.09.